The van der Waals surface area contributed by atoms with Gasteiger partial charge in [-0.05, 0) is 62.0 Å². The highest BCUT2D eigenvalue weighted by Gasteiger charge is 2.02. The van der Waals surface area contributed by atoms with Gasteiger partial charge in [0.1, 0.15) is 0 Å². The number of halogens is 4. The van der Waals surface area contributed by atoms with E-state index in [9.17, 15) is 0 Å². The molecule has 0 aliphatic carbocycles. The van der Waals surface area contributed by atoms with Gasteiger partial charge in [0.25, 0.3) is 0 Å². The lowest BCUT2D eigenvalue weighted by Gasteiger charge is -1.98. The molecule has 44 valence electrons. The van der Waals surface area contributed by atoms with Crippen LogP contribution < -0.4 is 0 Å². The fraction of sp³-hybridized carbons (Fsp3) is 1.00. The standard InChI is InChI=1S/CH2Br4P2/c2-6(3)1-7(4)5/h1H2. The predicted molar refractivity (Wildman–Crippen MR) is 54.4 cm³/mol. The molecule has 0 aromatic rings. The van der Waals surface area contributed by atoms with Crippen molar-refractivity contribution in [2.24, 2.45) is 0 Å². The molecule has 7 heavy (non-hydrogen) atoms. The highest BCUT2D eigenvalue weighted by Crippen LogP contribution is 2.66. The lowest BCUT2D eigenvalue weighted by atomic mass is 11.9. The summed E-state index contributed by atoms with van der Waals surface area (Å²) in [5.41, 5.74) is 0. The summed E-state index contributed by atoms with van der Waals surface area (Å²) in [5.74, 6) is 1.16. The molecule has 0 saturated heterocycles. The molecule has 0 nitrogen and oxygen atoms in total. The van der Waals surface area contributed by atoms with E-state index in [-0.39, 0.29) is 10.7 Å². The molecule has 0 atom stereocenters. The van der Waals surface area contributed by atoms with E-state index in [2.05, 4.69) is 62.0 Å². The summed E-state index contributed by atoms with van der Waals surface area (Å²) in [6.45, 7) is 0. The first-order valence-electron chi connectivity index (χ1n) is 1.31. The van der Waals surface area contributed by atoms with Gasteiger partial charge in [0.15, 0.2) is 0 Å². The zero-order chi connectivity index (χ0) is 5.86. The maximum Gasteiger partial charge on any atom is 0.0406 e. The van der Waals surface area contributed by atoms with Gasteiger partial charge >= 0.3 is 0 Å². The molecule has 0 radical (unpaired) electrons. The van der Waals surface area contributed by atoms with Crippen LogP contribution in [-0.4, -0.2) is 5.90 Å². The highest BCUT2D eigenvalue weighted by atomic mass is 79.9. The Labute approximate surface area is 77.7 Å². The molecule has 0 spiro atoms. The molecule has 0 aliphatic heterocycles. The Morgan fingerprint density at radius 2 is 1.14 bits per heavy atom. The second-order valence-corrected chi connectivity index (χ2v) is 19.1. The maximum absolute atomic E-state index is 3.41. The third-order valence-corrected chi connectivity index (χ3v) is 10.00. The summed E-state index contributed by atoms with van der Waals surface area (Å²) >= 11 is 13.7. The summed E-state index contributed by atoms with van der Waals surface area (Å²) in [6, 6.07) is 0. The smallest absolute Gasteiger partial charge is 0.0406 e. The van der Waals surface area contributed by atoms with Gasteiger partial charge in [-0.1, -0.05) is 0 Å². The van der Waals surface area contributed by atoms with Crippen molar-refractivity contribution in [3.63, 3.8) is 0 Å². The average Bonchev–Trinajstić information content (AvgIpc) is 1.27. The molecule has 0 unspecified atom stereocenters. The lowest BCUT2D eigenvalue weighted by molar-refractivity contribution is 2.29. The third kappa shape index (κ3) is 8.78. The Kier molecular flexibility index (Phi) is 7.76. The Hall–Kier alpha value is 2.78. The van der Waals surface area contributed by atoms with Gasteiger partial charge in [-0.15, -0.1) is 0 Å². The molecular formula is CH2Br4P2. The summed E-state index contributed by atoms with van der Waals surface area (Å²) in [7, 11) is 0. The minimum absolute atomic E-state index is 0.0799. The molecule has 0 N–H and O–H groups in total. The van der Waals surface area contributed by atoms with Gasteiger partial charge in [-0.25, -0.2) is 0 Å². The number of hydrogen-bond donors (Lipinski definition) is 0. The largest absolute Gasteiger partial charge is 0.0471 e. The van der Waals surface area contributed by atoms with E-state index in [4.69, 9.17) is 0 Å². The molecular weight excluding hydrogens is 394 g/mol. The van der Waals surface area contributed by atoms with Crippen LogP contribution in [0.15, 0.2) is 0 Å². The topological polar surface area (TPSA) is 0 Å². The molecule has 6 heteroatoms. The van der Waals surface area contributed by atoms with Gasteiger partial charge in [0, 0.05) is 16.6 Å². The molecule has 0 rings (SSSR count). The minimum atomic E-state index is -0.0799. The predicted octanol–water partition coefficient (Wildman–Crippen LogP) is 5.15. The lowest BCUT2D eigenvalue weighted by Crippen LogP contribution is -1.51. The van der Waals surface area contributed by atoms with Crippen LogP contribution in [0.25, 0.3) is 0 Å². The monoisotopic (exact) mass is 392 g/mol. The normalized spacial score (nSPS) is 11.1. The number of rotatable bonds is 2. The van der Waals surface area contributed by atoms with E-state index in [1.165, 1.54) is 0 Å². The number of hydrogen-bond acceptors (Lipinski definition) is 0. The van der Waals surface area contributed by atoms with E-state index in [0.717, 1.165) is 5.90 Å². The van der Waals surface area contributed by atoms with Gasteiger partial charge < -0.3 is 0 Å². The Morgan fingerprint density at radius 3 is 1.14 bits per heavy atom. The summed E-state index contributed by atoms with van der Waals surface area (Å²) in [6.07, 6.45) is 0. The summed E-state index contributed by atoms with van der Waals surface area (Å²) in [4.78, 5) is 0. The van der Waals surface area contributed by atoms with E-state index in [0.29, 0.717) is 0 Å². The molecule has 0 aliphatic rings. The van der Waals surface area contributed by atoms with Crippen molar-refractivity contribution in [1.82, 2.24) is 0 Å². The van der Waals surface area contributed by atoms with Crippen molar-refractivity contribution in [1.29, 1.82) is 0 Å². The molecule has 0 amide bonds. The van der Waals surface area contributed by atoms with Crippen molar-refractivity contribution in [3.8, 4) is 0 Å². The van der Waals surface area contributed by atoms with Gasteiger partial charge in [-0.2, -0.15) is 0 Å². The molecule has 0 saturated carbocycles. The van der Waals surface area contributed by atoms with E-state index in [1.807, 2.05) is 0 Å². The Balaban J connectivity index is 2.95. The molecule has 0 bridgehead atoms. The molecule has 0 heterocycles. The van der Waals surface area contributed by atoms with Crippen molar-refractivity contribution < 1.29 is 0 Å². The highest BCUT2D eigenvalue weighted by molar-refractivity contribution is 9.73. The van der Waals surface area contributed by atoms with Crippen LogP contribution in [0.3, 0.4) is 0 Å². The zero-order valence-electron chi connectivity index (χ0n) is 3.11. The van der Waals surface area contributed by atoms with Crippen LogP contribution >= 0.6 is 72.6 Å². The first-order valence-corrected chi connectivity index (χ1v) is 12.4. The molecule has 0 aromatic carbocycles. The van der Waals surface area contributed by atoms with Crippen molar-refractivity contribution in [2.75, 3.05) is 5.90 Å². The van der Waals surface area contributed by atoms with E-state index in [1.54, 1.807) is 0 Å². The summed E-state index contributed by atoms with van der Waals surface area (Å²) in [5, 5.41) is -0.160. The van der Waals surface area contributed by atoms with Gasteiger partial charge in [0.05, 0.1) is 0 Å². The Morgan fingerprint density at radius 1 is 0.857 bits per heavy atom. The van der Waals surface area contributed by atoms with Crippen molar-refractivity contribution >= 4 is 72.6 Å². The van der Waals surface area contributed by atoms with Crippen LogP contribution in [-0.2, 0) is 0 Å². The van der Waals surface area contributed by atoms with Crippen LogP contribution in [0.2, 0.25) is 0 Å². The fourth-order valence-corrected chi connectivity index (χ4v) is 19.6. The van der Waals surface area contributed by atoms with Crippen molar-refractivity contribution in [2.45, 2.75) is 0 Å². The van der Waals surface area contributed by atoms with Crippen LogP contribution in [0.4, 0.5) is 0 Å². The first kappa shape index (κ1) is 9.78. The second kappa shape index (κ2) is 5.56. The maximum atomic E-state index is 3.41. The zero-order valence-corrected chi connectivity index (χ0v) is 11.2. The van der Waals surface area contributed by atoms with E-state index < -0.39 is 0 Å². The van der Waals surface area contributed by atoms with E-state index >= 15 is 0 Å². The van der Waals surface area contributed by atoms with Crippen LogP contribution in [0, 0.1) is 0 Å². The third-order valence-electron chi connectivity index (χ3n) is 0.214. The Bertz CT molecular complexity index is 39.0. The van der Waals surface area contributed by atoms with Crippen LogP contribution in [0.5, 0.6) is 0 Å². The second-order valence-electron chi connectivity index (χ2n) is 0.747. The van der Waals surface area contributed by atoms with Crippen LogP contribution in [0.1, 0.15) is 0 Å². The first-order chi connectivity index (χ1) is 3.13. The minimum Gasteiger partial charge on any atom is -0.0471 e. The van der Waals surface area contributed by atoms with Crippen molar-refractivity contribution in [3.05, 3.63) is 0 Å². The fourth-order valence-electron chi connectivity index (χ4n) is 0.0808. The molecule has 0 fully saturated rings. The SMILES string of the molecule is BrP(Br)CP(Br)Br. The quantitative estimate of drug-likeness (QED) is 0.568. The van der Waals surface area contributed by atoms with Gasteiger partial charge in [-0.3, -0.25) is 0 Å². The van der Waals surface area contributed by atoms with Gasteiger partial charge in [0.2, 0.25) is 0 Å². The summed E-state index contributed by atoms with van der Waals surface area (Å²) < 4.78 is 0. The average molecular weight is 396 g/mol. The molecule has 0 aromatic heterocycles.